The molecule has 1 N–H and O–H groups in total. The highest BCUT2D eigenvalue weighted by Gasteiger charge is 2.36. The summed E-state index contributed by atoms with van der Waals surface area (Å²) in [4.78, 5) is 11.1. The Bertz CT molecular complexity index is 895. The molecule has 0 fully saturated rings. The number of para-hydroxylation sites is 1. The van der Waals surface area contributed by atoms with Gasteiger partial charge in [0.15, 0.2) is 0 Å². The number of carbonyl (C=O) groups is 1. The highest BCUT2D eigenvalue weighted by molar-refractivity contribution is 9.10. The zero-order valence-corrected chi connectivity index (χ0v) is 14.6. The van der Waals surface area contributed by atoms with Crippen molar-refractivity contribution in [3.8, 4) is 0 Å². The van der Waals surface area contributed by atoms with Crippen LogP contribution in [0.1, 0.15) is 22.8 Å². The van der Waals surface area contributed by atoms with E-state index in [0.717, 1.165) is 5.56 Å². The van der Waals surface area contributed by atoms with E-state index in [1.54, 1.807) is 6.07 Å². The number of aromatic carboxylic acids is 1. The zero-order chi connectivity index (χ0) is 16.8. The van der Waals surface area contributed by atoms with Crippen molar-refractivity contribution < 1.29 is 18.3 Å². The van der Waals surface area contributed by atoms with Crippen molar-refractivity contribution in [2.75, 3.05) is 4.31 Å². The Balaban J connectivity index is 2.11. The van der Waals surface area contributed by atoms with E-state index in [9.17, 15) is 13.2 Å². The fraction of sp³-hybridized carbons (Fsp3) is 0.188. The lowest BCUT2D eigenvalue weighted by atomic mass is 10.1. The number of carboxylic acid groups (broad SMARTS) is 1. The molecule has 1 heterocycles. The molecule has 0 aromatic heterocycles. The van der Waals surface area contributed by atoms with Crippen LogP contribution in [0.2, 0.25) is 0 Å². The molecular formula is C16H14BrNO4S. The van der Waals surface area contributed by atoms with Gasteiger partial charge in [0.1, 0.15) is 4.90 Å². The van der Waals surface area contributed by atoms with Gasteiger partial charge in [-0.3, -0.25) is 4.31 Å². The van der Waals surface area contributed by atoms with Crippen LogP contribution in [-0.2, 0) is 16.4 Å². The van der Waals surface area contributed by atoms with Gasteiger partial charge in [-0.15, -0.1) is 0 Å². The van der Waals surface area contributed by atoms with E-state index in [0.29, 0.717) is 12.1 Å². The standard InChI is InChI=1S/C16H14BrNO4S/c1-10-8-11-4-2-3-5-14(11)18(10)23(21,22)15-7-6-12(16(19)20)9-13(15)17/h2-7,9-10H,8H2,1H3,(H,19,20). The van der Waals surface area contributed by atoms with Gasteiger partial charge in [-0.2, -0.15) is 0 Å². The van der Waals surface area contributed by atoms with Crippen LogP contribution in [0.15, 0.2) is 51.8 Å². The second-order valence-electron chi connectivity index (χ2n) is 5.43. The van der Waals surface area contributed by atoms with Gasteiger partial charge in [-0.25, -0.2) is 13.2 Å². The first-order chi connectivity index (χ1) is 10.8. The van der Waals surface area contributed by atoms with Crippen molar-refractivity contribution in [2.24, 2.45) is 0 Å². The zero-order valence-electron chi connectivity index (χ0n) is 12.2. The summed E-state index contributed by atoms with van der Waals surface area (Å²) >= 11 is 3.19. The molecule has 0 saturated heterocycles. The number of anilines is 1. The number of hydrogen-bond acceptors (Lipinski definition) is 3. The maximum Gasteiger partial charge on any atom is 0.335 e. The van der Waals surface area contributed by atoms with Crippen LogP contribution in [0.5, 0.6) is 0 Å². The van der Waals surface area contributed by atoms with Crippen molar-refractivity contribution in [1.82, 2.24) is 0 Å². The summed E-state index contributed by atoms with van der Waals surface area (Å²) in [6.07, 6.45) is 0.653. The molecule has 2 aromatic rings. The normalized spacial score (nSPS) is 17.1. The molecule has 0 amide bonds. The molecule has 7 heteroatoms. The molecule has 0 aliphatic carbocycles. The maximum atomic E-state index is 13.1. The van der Waals surface area contributed by atoms with Crippen molar-refractivity contribution in [1.29, 1.82) is 0 Å². The molecule has 23 heavy (non-hydrogen) atoms. The Morgan fingerprint density at radius 1 is 1.26 bits per heavy atom. The molecule has 1 aliphatic heterocycles. The van der Waals surface area contributed by atoms with Crippen molar-refractivity contribution in [3.63, 3.8) is 0 Å². The molecule has 120 valence electrons. The van der Waals surface area contributed by atoms with Crippen molar-refractivity contribution >= 4 is 37.6 Å². The van der Waals surface area contributed by atoms with Crippen LogP contribution in [-0.4, -0.2) is 25.5 Å². The molecule has 0 saturated carbocycles. The Morgan fingerprint density at radius 2 is 1.96 bits per heavy atom. The van der Waals surface area contributed by atoms with Crippen LogP contribution < -0.4 is 4.31 Å². The van der Waals surface area contributed by atoms with Crippen molar-refractivity contribution in [3.05, 3.63) is 58.1 Å². The molecule has 5 nitrogen and oxygen atoms in total. The van der Waals surface area contributed by atoms with E-state index in [4.69, 9.17) is 5.11 Å². The van der Waals surface area contributed by atoms with Gasteiger partial charge in [-0.1, -0.05) is 18.2 Å². The minimum atomic E-state index is -3.78. The monoisotopic (exact) mass is 395 g/mol. The Labute approximate surface area is 142 Å². The van der Waals surface area contributed by atoms with E-state index in [-0.39, 0.29) is 21.0 Å². The highest BCUT2D eigenvalue weighted by atomic mass is 79.9. The first kappa shape index (κ1) is 16.0. The lowest BCUT2D eigenvalue weighted by molar-refractivity contribution is 0.0696. The molecule has 1 atom stereocenters. The third-order valence-corrected chi connectivity index (χ3v) is 6.77. The number of benzene rings is 2. The van der Waals surface area contributed by atoms with Gasteiger partial charge >= 0.3 is 5.97 Å². The molecule has 1 aliphatic rings. The molecular weight excluding hydrogens is 382 g/mol. The minimum absolute atomic E-state index is 0.0331. The number of hydrogen-bond donors (Lipinski definition) is 1. The Morgan fingerprint density at radius 3 is 2.61 bits per heavy atom. The maximum absolute atomic E-state index is 13.1. The average Bonchev–Trinajstić information content (AvgIpc) is 2.83. The van der Waals surface area contributed by atoms with E-state index in [2.05, 4.69) is 15.9 Å². The third kappa shape index (κ3) is 2.64. The largest absolute Gasteiger partial charge is 0.478 e. The van der Waals surface area contributed by atoms with Gasteiger partial charge < -0.3 is 5.11 Å². The van der Waals surface area contributed by atoms with E-state index in [1.807, 2.05) is 25.1 Å². The summed E-state index contributed by atoms with van der Waals surface area (Å²) in [5.41, 5.74) is 1.70. The number of nitrogens with zero attached hydrogens (tertiary/aromatic N) is 1. The second-order valence-corrected chi connectivity index (χ2v) is 8.07. The number of carboxylic acids is 1. The fourth-order valence-corrected chi connectivity index (χ4v) is 5.59. The first-order valence-corrected chi connectivity index (χ1v) is 9.21. The predicted octanol–water partition coefficient (Wildman–Crippen LogP) is 3.29. The molecule has 0 bridgehead atoms. The second kappa shape index (κ2) is 5.65. The summed E-state index contributed by atoms with van der Waals surface area (Å²) in [5, 5.41) is 9.01. The molecule has 2 aromatic carbocycles. The van der Waals surface area contributed by atoms with E-state index >= 15 is 0 Å². The fourth-order valence-electron chi connectivity index (χ4n) is 2.85. The Hall–Kier alpha value is -1.86. The van der Waals surface area contributed by atoms with Crippen LogP contribution in [0.3, 0.4) is 0 Å². The number of fused-ring (bicyclic) bond motifs is 1. The summed E-state index contributed by atoms with van der Waals surface area (Å²) in [6.45, 7) is 1.86. The lowest BCUT2D eigenvalue weighted by Gasteiger charge is -2.25. The molecule has 3 rings (SSSR count). The summed E-state index contributed by atoms with van der Waals surface area (Å²) in [5.74, 6) is -1.10. The van der Waals surface area contributed by atoms with Gasteiger partial charge in [-0.05, 0) is 59.1 Å². The van der Waals surface area contributed by atoms with Crippen LogP contribution in [0.4, 0.5) is 5.69 Å². The Kier molecular flexibility index (Phi) is 3.93. The minimum Gasteiger partial charge on any atom is -0.478 e. The van der Waals surface area contributed by atoms with Crippen LogP contribution >= 0.6 is 15.9 Å². The SMILES string of the molecule is CC1Cc2ccccc2N1S(=O)(=O)c1ccc(C(=O)O)cc1Br. The molecule has 0 radical (unpaired) electrons. The van der Waals surface area contributed by atoms with E-state index in [1.165, 1.54) is 22.5 Å². The van der Waals surface area contributed by atoms with Crippen molar-refractivity contribution in [2.45, 2.75) is 24.3 Å². The van der Waals surface area contributed by atoms with Gasteiger partial charge in [0, 0.05) is 10.5 Å². The summed E-state index contributed by atoms with van der Waals surface area (Å²) in [7, 11) is -3.78. The van der Waals surface area contributed by atoms with E-state index < -0.39 is 16.0 Å². The van der Waals surface area contributed by atoms with Gasteiger partial charge in [0.05, 0.1) is 11.3 Å². The number of halogens is 1. The highest BCUT2D eigenvalue weighted by Crippen LogP contribution is 2.38. The van der Waals surface area contributed by atoms with Crippen LogP contribution in [0, 0.1) is 0 Å². The number of sulfonamides is 1. The van der Waals surface area contributed by atoms with Gasteiger partial charge in [0.2, 0.25) is 0 Å². The molecule has 0 spiro atoms. The topological polar surface area (TPSA) is 74.7 Å². The quantitative estimate of drug-likeness (QED) is 0.864. The third-order valence-electron chi connectivity index (χ3n) is 3.86. The van der Waals surface area contributed by atoms with Gasteiger partial charge in [0.25, 0.3) is 10.0 Å². The lowest BCUT2D eigenvalue weighted by Crippen LogP contribution is -2.35. The molecule has 1 unspecified atom stereocenters. The summed E-state index contributed by atoms with van der Waals surface area (Å²) < 4.78 is 27.8. The number of rotatable bonds is 3. The smallest absolute Gasteiger partial charge is 0.335 e. The van der Waals surface area contributed by atoms with Crippen LogP contribution in [0.25, 0.3) is 0 Å². The predicted molar refractivity (Wildman–Crippen MR) is 90.4 cm³/mol. The first-order valence-electron chi connectivity index (χ1n) is 6.97. The average molecular weight is 396 g/mol. The summed E-state index contributed by atoms with van der Waals surface area (Å²) in [6, 6.07) is 11.1.